The molecule has 0 atom stereocenters. The van der Waals surface area contributed by atoms with E-state index in [1.807, 2.05) is 158 Å². The first-order chi connectivity index (χ1) is 73.7. The molecular weight excluding hydrogens is 1830 g/mol. The number of benzene rings is 21. The average Bonchev–Trinajstić information content (AvgIpc) is 1.55. The number of hydrogen-bond donors (Lipinski definition) is 0. The SMILES string of the molecule is CC1(C)c2ccccc2-c2cc3c(cc21)c1ccccc1n3-c1cc(-c2nc(-c3ccccc3)nc(-c3ccccc3)n2)cc2ccccc12.CC1(C)c2ccccc2-c2cc3c(cc21)c1ccccc1n3-c1ccc(-c2nc(-c3ccccc3)nc(-c3ccccc3)n2)c2ccccc12.CC1(C)c2ccccc2-c2cc3c4ccccc4n(-c4ccc(-c5nc(-c6ccccc6)nc(-c6ccccc6)n5)c5ccccc45)c3cc21. The molecule has 0 saturated carbocycles. The average molecular weight is 1920 g/mol. The van der Waals surface area contributed by atoms with E-state index in [0.29, 0.717) is 52.4 Å². The summed E-state index contributed by atoms with van der Waals surface area (Å²) in [6.07, 6.45) is 0. The van der Waals surface area contributed by atoms with Crippen molar-refractivity contribution in [3.05, 3.63) is 507 Å². The van der Waals surface area contributed by atoms with Gasteiger partial charge in [-0.25, -0.2) is 44.9 Å². The summed E-state index contributed by atoms with van der Waals surface area (Å²) in [6, 6.07) is 168. The molecule has 6 aromatic heterocycles. The lowest BCUT2D eigenvalue weighted by Crippen LogP contribution is -2.15. The van der Waals surface area contributed by atoms with Gasteiger partial charge in [0.15, 0.2) is 52.4 Å². The van der Waals surface area contributed by atoms with Crippen LogP contribution in [0.5, 0.6) is 0 Å². The molecular formula is C138H96N12. The zero-order valence-electron chi connectivity index (χ0n) is 83.4. The number of fused-ring (bicyclic) bond motifs is 21. The lowest BCUT2D eigenvalue weighted by atomic mass is 9.82. The Morgan fingerprint density at radius 1 is 0.140 bits per heavy atom. The molecule has 0 bridgehead atoms. The van der Waals surface area contributed by atoms with E-state index >= 15 is 0 Å². The third kappa shape index (κ3) is 14.4. The molecule has 0 spiro atoms. The molecule has 0 unspecified atom stereocenters. The Morgan fingerprint density at radius 2 is 0.393 bits per heavy atom. The summed E-state index contributed by atoms with van der Waals surface area (Å²) in [5, 5.41) is 14.3. The lowest BCUT2D eigenvalue weighted by molar-refractivity contribution is 0.661. The second-order valence-corrected chi connectivity index (χ2v) is 41.0. The highest BCUT2D eigenvalue weighted by atomic mass is 15.1. The standard InChI is InChI=1S/3C46H32N4/c1-46(2)38-23-13-11-20-32(38)36-28-42-37(27-39(36)46)34-22-12-14-24-40(34)50(42)41-26-25-35(31-19-9-10-21-33(31)41)45-48-43(29-15-5-3-6-16-29)47-44(49-45)30-17-7-4-8-18-30;1-46(2)38-23-13-11-20-32(38)36-27-37-34-22-12-14-24-40(34)50(42(37)28-39(36)46)41-26-25-35(31-19-9-10-21-33(31)41)45-48-43(29-15-5-3-6-16-29)47-44(49-45)30-17-7-4-8-18-30;1-46(2)38-23-13-11-21-34(38)36-28-42-37(27-39(36)46)35-22-12-14-24-40(35)50(42)41-26-32(25-31-19-9-10-20-33(31)41)45-48-43(29-15-5-3-6-16-29)47-44(49-45)30-17-7-4-8-18-30/h3*3-28H,1-2H3. The van der Waals surface area contributed by atoms with E-state index in [4.69, 9.17) is 44.9 Å². The molecule has 0 saturated heterocycles. The molecule has 30 rings (SSSR count). The van der Waals surface area contributed by atoms with Crippen molar-refractivity contribution in [1.82, 2.24) is 58.6 Å². The number of hydrogen-bond acceptors (Lipinski definition) is 9. The van der Waals surface area contributed by atoms with Crippen LogP contribution in [-0.4, -0.2) is 58.6 Å². The largest absolute Gasteiger partial charge is 0.309 e. The topological polar surface area (TPSA) is 131 Å². The van der Waals surface area contributed by atoms with Crippen LogP contribution < -0.4 is 0 Å². The number of nitrogens with zero attached hydrogens (tertiary/aromatic N) is 12. The quantitative estimate of drug-likeness (QED) is 0.117. The monoisotopic (exact) mass is 1920 g/mol. The summed E-state index contributed by atoms with van der Waals surface area (Å²) < 4.78 is 7.35. The van der Waals surface area contributed by atoms with Crippen molar-refractivity contribution in [2.75, 3.05) is 0 Å². The molecule has 0 radical (unpaired) electrons. The zero-order valence-corrected chi connectivity index (χ0v) is 83.4. The zero-order chi connectivity index (χ0) is 100. The van der Waals surface area contributed by atoms with Crippen LogP contribution in [-0.2, 0) is 16.2 Å². The van der Waals surface area contributed by atoms with Crippen molar-refractivity contribution >= 4 is 97.7 Å². The molecule has 0 amide bonds. The van der Waals surface area contributed by atoms with E-state index in [2.05, 4.69) is 371 Å². The van der Waals surface area contributed by atoms with Crippen molar-refractivity contribution < 1.29 is 0 Å². The summed E-state index contributed by atoms with van der Waals surface area (Å²) in [5.74, 6) is 5.87. The first-order valence-corrected chi connectivity index (χ1v) is 51.4. The first kappa shape index (κ1) is 88.5. The normalized spacial score (nSPS) is 13.2. The molecule has 27 aromatic rings. The van der Waals surface area contributed by atoms with Gasteiger partial charge in [-0.05, 0) is 174 Å². The number of rotatable bonds is 12. The highest BCUT2D eigenvalue weighted by Crippen LogP contribution is 2.56. The van der Waals surface area contributed by atoms with Crippen LogP contribution in [0.1, 0.15) is 74.9 Å². The smallest absolute Gasteiger partial charge is 0.164 e. The van der Waals surface area contributed by atoms with Gasteiger partial charge in [-0.3, -0.25) is 0 Å². The van der Waals surface area contributed by atoms with Crippen molar-refractivity contribution in [2.45, 2.75) is 57.8 Å². The van der Waals surface area contributed by atoms with Gasteiger partial charge in [0.05, 0.1) is 50.2 Å². The molecule has 0 N–H and O–H groups in total. The second kappa shape index (κ2) is 35.1. The molecule has 0 aliphatic heterocycles. The third-order valence-electron chi connectivity index (χ3n) is 31.3. The van der Waals surface area contributed by atoms with E-state index in [1.54, 1.807) is 0 Å². The first-order valence-electron chi connectivity index (χ1n) is 51.4. The maximum absolute atomic E-state index is 5.11. The van der Waals surface area contributed by atoms with Gasteiger partial charge in [-0.1, -0.05) is 424 Å². The fraction of sp³-hybridized carbons (Fsp3) is 0.0652. The molecule has 3 aliphatic rings. The predicted octanol–water partition coefficient (Wildman–Crippen LogP) is 34.3. The summed E-state index contributed by atoms with van der Waals surface area (Å²) in [5.41, 5.74) is 35.1. The van der Waals surface area contributed by atoms with Crippen LogP contribution in [0.4, 0.5) is 0 Å². The molecule has 21 aromatic carbocycles. The number of aromatic nitrogens is 12. The molecule has 3 aliphatic carbocycles. The highest BCUT2D eigenvalue weighted by Gasteiger charge is 2.41. The number of para-hydroxylation sites is 3. The van der Waals surface area contributed by atoms with Crippen LogP contribution in [0.25, 0.3) is 251 Å². The summed E-state index contributed by atoms with van der Waals surface area (Å²) >= 11 is 0. The Morgan fingerprint density at radius 3 is 0.747 bits per heavy atom. The summed E-state index contributed by atoms with van der Waals surface area (Å²) in [7, 11) is 0. The van der Waals surface area contributed by atoms with Gasteiger partial charge in [0.2, 0.25) is 0 Å². The Kier molecular flexibility index (Phi) is 20.7. The van der Waals surface area contributed by atoms with Crippen molar-refractivity contribution in [3.8, 4) is 153 Å². The Balaban J connectivity index is 0.000000108. The van der Waals surface area contributed by atoms with Gasteiger partial charge in [0.1, 0.15) is 0 Å². The maximum Gasteiger partial charge on any atom is 0.164 e. The van der Waals surface area contributed by atoms with Crippen molar-refractivity contribution in [2.24, 2.45) is 0 Å². The van der Waals surface area contributed by atoms with Crippen LogP contribution in [0.3, 0.4) is 0 Å². The van der Waals surface area contributed by atoms with Gasteiger partial charge >= 0.3 is 0 Å². The van der Waals surface area contributed by atoms with E-state index < -0.39 is 0 Å². The van der Waals surface area contributed by atoms with Gasteiger partial charge in [-0.2, -0.15) is 0 Å². The minimum Gasteiger partial charge on any atom is -0.309 e. The van der Waals surface area contributed by atoms with Crippen molar-refractivity contribution in [3.63, 3.8) is 0 Å². The fourth-order valence-electron chi connectivity index (χ4n) is 24.0. The van der Waals surface area contributed by atoms with E-state index in [0.717, 1.165) is 94.1 Å². The Bertz CT molecular complexity index is 9990. The van der Waals surface area contributed by atoms with E-state index in [-0.39, 0.29) is 16.2 Å². The molecule has 0 fully saturated rings. The second-order valence-electron chi connectivity index (χ2n) is 41.0. The van der Waals surface area contributed by atoms with Crippen molar-refractivity contribution in [1.29, 1.82) is 0 Å². The molecule has 150 heavy (non-hydrogen) atoms. The minimum atomic E-state index is -0.0983. The van der Waals surface area contributed by atoms with E-state index in [1.165, 1.54) is 138 Å². The van der Waals surface area contributed by atoms with Crippen LogP contribution >= 0.6 is 0 Å². The predicted molar refractivity (Wildman–Crippen MR) is 617 cm³/mol. The molecule has 12 heteroatoms. The van der Waals surface area contributed by atoms with Gasteiger partial charge in [-0.15, -0.1) is 0 Å². The summed E-state index contributed by atoms with van der Waals surface area (Å²) in [4.78, 5) is 45.4. The van der Waals surface area contributed by atoms with Crippen LogP contribution in [0.15, 0.2) is 473 Å². The van der Waals surface area contributed by atoms with E-state index in [9.17, 15) is 0 Å². The van der Waals surface area contributed by atoms with Crippen LogP contribution in [0.2, 0.25) is 0 Å². The Labute approximate surface area is 867 Å². The maximum atomic E-state index is 5.11. The lowest BCUT2D eigenvalue weighted by Gasteiger charge is -2.22. The fourth-order valence-corrected chi connectivity index (χ4v) is 24.0. The third-order valence-corrected chi connectivity index (χ3v) is 31.3. The molecule has 708 valence electrons. The van der Waals surface area contributed by atoms with Gasteiger partial charge in [0.25, 0.3) is 0 Å². The Hall–Kier alpha value is -19.2. The molecule has 6 heterocycles. The van der Waals surface area contributed by atoms with Gasteiger partial charge < -0.3 is 13.7 Å². The molecule has 12 nitrogen and oxygen atoms in total. The van der Waals surface area contributed by atoms with Gasteiger partial charge in [0, 0.05) is 115 Å². The summed E-state index contributed by atoms with van der Waals surface area (Å²) in [6.45, 7) is 14.1. The highest BCUT2D eigenvalue weighted by molar-refractivity contribution is 6.17. The van der Waals surface area contributed by atoms with Crippen LogP contribution in [0, 0.1) is 0 Å². The minimum absolute atomic E-state index is 0.0700.